The zero-order chi connectivity index (χ0) is 14.3. The lowest BCUT2D eigenvalue weighted by atomic mass is 10.1. The Kier molecular flexibility index (Phi) is 3.03. The first-order valence-corrected chi connectivity index (χ1v) is 6.57. The normalized spacial score (nSPS) is 13.0. The van der Waals surface area contributed by atoms with Gasteiger partial charge in [0, 0.05) is 11.8 Å². The van der Waals surface area contributed by atoms with E-state index < -0.39 is 0 Å². The van der Waals surface area contributed by atoms with E-state index in [4.69, 9.17) is 22.1 Å². The fourth-order valence-electron chi connectivity index (χ4n) is 2.17. The third-order valence-electron chi connectivity index (χ3n) is 3.17. The first-order valence-electron chi connectivity index (χ1n) is 6.19. The summed E-state index contributed by atoms with van der Waals surface area (Å²) in [5.41, 5.74) is 9.11. The number of rotatable bonds is 2. The third-order valence-corrected chi connectivity index (χ3v) is 3.48. The molecule has 3 N–H and O–H groups in total. The summed E-state index contributed by atoms with van der Waals surface area (Å²) in [6.45, 7) is 1.95. The Morgan fingerprint density at radius 1 is 1.25 bits per heavy atom. The maximum atomic E-state index is 11.4. The number of amides is 1. The molecule has 0 saturated heterocycles. The number of fused-ring (bicyclic) bond motifs is 1. The minimum absolute atomic E-state index is 0.0369. The van der Waals surface area contributed by atoms with Crippen molar-refractivity contribution < 1.29 is 9.53 Å². The van der Waals surface area contributed by atoms with Crippen molar-refractivity contribution in [3.63, 3.8) is 0 Å². The molecule has 20 heavy (non-hydrogen) atoms. The molecule has 102 valence electrons. The van der Waals surface area contributed by atoms with E-state index in [1.165, 1.54) is 0 Å². The van der Waals surface area contributed by atoms with Gasteiger partial charge in [0.2, 0.25) is 5.91 Å². The zero-order valence-corrected chi connectivity index (χ0v) is 11.6. The van der Waals surface area contributed by atoms with Crippen LogP contribution in [0.1, 0.15) is 11.1 Å². The van der Waals surface area contributed by atoms with E-state index in [1.807, 2.05) is 19.1 Å². The van der Waals surface area contributed by atoms with Crippen molar-refractivity contribution in [2.24, 2.45) is 0 Å². The van der Waals surface area contributed by atoms with E-state index in [9.17, 15) is 4.79 Å². The lowest BCUT2D eigenvalue weighted by molar-refractivity contribution is -0.115. The van der Waals surface area contributed by atoms with Crippen molar-refractivity contribution in [1.82, 2.24) is 0 Å². The number of nitrogens with one attached hydrogen (secondary N) is 1. The molecule has 0 radical (unpaired) electrons. The van der Waals surface area contributed by atoms with Gasteiger partial charge in [-0.15, -0.1) is 0 Å². The van der Waals surface area contributed by atoms with Crippen LogP contribution >= 0.6 is 11.6 Å². The molecule has 2 aromatic rings. The Balaban J connectivity index is 1.97. The predicted molar refractivity (Wildman–Crippen MR) is 79.5 cm³/mol. The second-order valence-electron chi connectivity index (χ2n) is 4.81. The summed E-state index contributed by atoms with van der Waals surface area (Å²) < 4.78 is 5.77. The molecule has 0 fully saturated rings. The highest BCUT2D eigenvalue weighted by atomic mass is 35.5. The van der Waals surface area contributed by atoms with Crippen LogP contribution in [0.3, 0.4) is 0 Å². The number of anilines is 2. The van der Waals surface area contributed by atoms with E-state index >= 15 is 0 Å². The summed E-state index contributed by atoms with van der Waals surface area (Å²) >= 11 is 6.10. The van der Waals surface area contributed by atoms with Crippen molar-refractivity contribution in [3.8, 4) is 11.5 Å². The zero-order valence-electron chi connectivity index (χ0n) is 10.9. The van der Waals surface area contributed by atoms with Crippen LogP contribution in [0, 0.1) is 6.92 Å². The molecule has 3 rings (SSSR count). The Morgan fingerprint density at radius 3 is 2.85 bits per heavy atom. The molecule has 1 heterocycles. The van der Waals surface area contributed by atoms with Crippen molar-refractivity contribution in [2.75, 3.05) is 11.1 Å². The SMILES string of the molecule is Cc1ccc(Cl)c(Oc2cc3c(cc2N)CC(=O)N3)c1. The number of carbonyl (C=O) groups is 1. The van der Waals surface area contributed by atoms with Crippen LogP contribution in [-0.2, 0) is 11.2 Å². The van der Waals surface area contributed by atoms with E-state index in [2.05, 4.69) is 5.32 Å². The second kappa shape index (κ2) is 4.72. The van der Waals surface area contributed by atoms with Crippen molar-refractivity contribution in [1.29, 1.82) is 0 Å². The molecule has 0 bridgehead atoms. The molecule has 4 nitrogen and oxygen atoms in total. The van der Waals surface area contributed by atoms with Crippen LogP contribution in [0.2, 0.25) is 5.02 Å². The molecule has 0 aliphatic carbocycles. The van der Waals surface area contributed by atoms with E-state index in [0.29, 0.717) is 28.6 Å². The molecule has 0 saturated carbocycles. The molecule has 1 aliphatic rings. The number of ether oxygens (including phenoxy) is 1. The van der Waals surface area contributed by atoms with Gasteiger partial charge in [-0.2, -0.15) is 0 Å². The van der Waals surface area contributed by atoms with Crippen molar-refractivity contribution in [2.45, 2.75) is 13.3 Å². The third kappa shape index (κ3) is 2.30. The first kappa shape index (κ1) is 12.8. The standard InChI is InChI=1S/C15H13ClN2O2/c1-8-2-3-10(16)13(4-8)20-14-7-12-9(5-11(14)17)6-15(19)18-12/h2-5,7H,6,17H2,1H3,(H,18,19). The highest BCUT2D eigenvalue weighted by Crippen LogP contribution is 2.37. The molecule has 0 spiro atoms. The fraction of sp³-hybridized carbons (Fsp3) is 0.133. The Hall–Kier alpha value is -2.20. The van der Waals surface area contributed by atoms with Crippen LogP contribution in [0.5, 0.6) is 11.5 Å². The topological polar surface area (TPSA) is 64.3 Å². The Bertz CT molecular complexity index is 713. The summed E-state index contributed by atoms with van der Waals surface area (Å²) in [7, 11) is 0. The number of halogens is 1. The van der Waals surface area contributed by atoms with Crippen molar-refractivity contribution >= 4 is 28.9 Å². The summed E-state index contributed by atoms with van der Waals surface area (Å²) in [4.78, 5) is 11.4. The van der Waals surface area contributed by atoms with Gasteiger partial charge >= 0.3 is 0 Å². The van der Waals surface area contributed by atoms with Gasteiger partial charge in [-0.3, -0.25) is 4.79 Å². The van der Waals surface area contributed by atoms with E-state index in [1.54, 1.807) is 18.2 Å². The summed E-state index contributed by atoms with van der Waals surface area (Å²) in [5.74, 6) is 0.992. The number of nitrogens with two attached hydrogens (primary N) is 1. The van der Waals surface area contributed by atoms with Gasteiger partial charge in [-0.1, -0.05) is 17.7 Å². The first-order chi connectivity index (χ1) is 9.52. The molecule has 0 unspecified atom stereocenters. The molecular formula is C15H13ClN2O2. The monoisotopic (exact) mass is 288 g/mol. The lowest BCUT2D eigenvalue weighted by Crippen LogP contribution is -2.03. The van der Waals surface area contributed by atoms with Crippen LogP contribution in [-0.4, -0.2) is 5.91 Å². The van der Waals surface area contributed by atoms with Crippen LogP contribution in [0.25, 0.3) is 0 Å². The molecule has 5 heteroatoms. The Labute approximate surface area is 121 Å². The highest BCUT2D eigenvalue weighted by Gasteiger charge is 2.20. The molecular weight excluding hydrogens is 276 g/mol. The quantitative estimate of drug-likeness (QED) is 0.831. The number of hydrogen-bond acceptors (Lipinski definition) is 3. The minimum Gasteiger partial charge on any atom is -0.454 e. The van der Waals surface area contributed by atoms with Gasteiger partial charge in [0.1, 0.15) is 5.75 Å². The number of hydrogen-bond donors (Lipinski definition) is 2. The van der Waals surface area contributed by atoms with Gasteiger partial charge in [-0.05, 0) is 36.2 Å². The van der Waals surface area contributed by atoms with E-state index in [0.717, 1.165) is 16.8 Å². The van der Waals surface area contributed by atoms with Gasteiger partial charge in [0.15, 0.2) is 5.75 Å². The smallest absolute Gasteiger partial charge is 0.228 e. The van der Waals surface area contributed by atoms with Crippen molar-refractivity contribution in [3.05, 3.63) is 46.5 Å². The number of aryl methyl sites for hydroxylation is 1. The number of carbonyl (C=O) groups excluding carboxylic acids is 1. The maximum absolute atomic E-state index is 11.4. The summed E-state index contributed by atoms with van der Waals surface area (Å²) in [5, 5.41) is 3.28. The summed E-state index contributed by atoms with van der Waals surface area (Å²) in [6.07, 6.45) is 0.352. The predicted octanol–water partition coefficient (Wildman–Crippen LogP) is 3.52. The second-order valence-corrected chi connectivity index (χ2v) is 5.22. The summed E-state index contributed by atoms with van der Waals surface area (Å²) in [6, 6.07) is 9.01. The average Bonchev–Trinajstić information content (AvgIpc) is 2.73. The average molecular weight is 289 g/mol. The molecule has 2 aromatic carbocycles. The van der Waals surface area contributed by atoms with E-state index in [-0.39, 0.29) is 5.91 Å². The van der Waals surface area contributed by atoms with Crippen LogP contribution in [0.15, 0.2) is 30.3 Å². The highest BCUT2D eigenvalue weighted by molar-refractivity contribution is 6.32. The maximum Gasteiger partial charge on any atom is 0.228 e. The van der Waals surface area contributed by atoms with Crippen LogP contribution < -0.4 is 15.8 Å². The number of benzene rings is 2. The largest absolute Gasteiger partial charge is 0.454 e. The number of nitrogen functional groups attached to an aromatic ring is 1. The molecule has 0 atom stereocenters. The van der Waals surface area contributed by atoms with Gasteiger partial charge in [0.25, 0.3) is 0 Å². The molecule has 1 aliphatic heterocycles. The van der Waals surface area contributed by atoms with Crippen LogP contribution in [0.4, 0.5) is 11.4 Å². The van der Waals surface area contributed by atoms with Gasteiger partial charge in [-0.25, -0.2) is 0 Å². The van der Waals surface area contributed by atoms with Gasteiger partial charge in [0.05, 0.1) is 17.1 Å². The lowest BCUT2D eigenvalue weighted by Gasteiger charge is -2.12. The van der Waals surface area contributed by atoms with Gasteiger partial charge < -0.3 is 15.8 Å². The molecule has 0 aromatic heterocycles. The molecule has 1 amide bonds. The fourth-order valence-corrected chi connectivity index (χ4v) is 2.33. The minimum atomic E-state index is -0.0369. The Morgan fingerprint density at radius 2 is 2.05 bits per heavy atom.